The molecule has 1 nitrogen and oxygen atoms in total. The number of carbonyl (C=O) groups excluding carboxylic acids is 1. The van der Waals surface area contributed by atoms with Gasteiger partial charge < -0.3 is 0 Å². The van der Waals surface area contributed by atoms with E-state index in [4.69, 9.17) is 11.6 Å². The van der Waals surface area contributed by atoms with Crippen LogP contribution in [0, 0.1) is 0 Å². The Morgan fingerprint density at radius 3 is 2.18 bits per heavy atom. The number of ketones is 1. The highest BCUT2D eigenvalue weighted by Crippen LogP contribution is 2.16. The van der Waals surface area contributed by atoms with Gasteiger partial charge in [0.25, 0.3) is 0 Å². The fourth-order valence-corrected chi connectivity index (χ4v) is 1.17. The maximum absolute atomic E-state index is 10.9. The summed E-state index contributed by atoms with van der Waals surface area (Å²) in [6, 6.07) is 0. The molecule has 0 aliphatic carbocycles. The topological polar surface area (TPSA) is 17.1 Å². The van der Waals surface area contributed by atoms with E-state index in [9.17, 15) is 4.79 Å². The first kappa shape index (κ1) is 10.7. The molecule has 0 heterocycles. The molecule has 0 radical (unpaired) electrons. The molecule has 0 aliphatic rings. The largest absolute Gasteiger partial charge is 0.295 e. The van der Waals surface area contributed by atoms with Crippen molar-refractivity contribution in [2.75, 3.05) is 0 Å². The van der Waals surface area contributed by atoms with E-state index in [0.29, 0.717) is 5.03 Å². The molecular formula is C9H15ClO. The first-order valence-electron chi connectivity index (χ1n) is 3.95. The summed E-state index contributed by atoms with van der Waals surface area (Å²) in [5.41, 5.74) is 0.786. The zero-order chi connectivity index (χ0) is 8.85. The summed E-state index contributed by atoms with van der Waals surface area (Å²) in [5, 5.41) is 0.644. The lowest BCUT2D eigenvalue weighted by Crippen LogP contribution is -1.97. The summed E-state index contributed by atoms with van der Waals surface area (Å²) in [4.78, 5) is 10.9. The van der Waals surface area contributed by atoms with Crippen molar-refractivity contribution in [3.8, 4) is 0 Å². The zero-order valence-corrected chi connectivity index (χ0v) is 8.16. The molecule has 11 heavy (non-hydrogen) atoms. The summed E-state index contributed by atoms with van der Waals surface area (Å²) in [7, 11) is 0. The number of hydrogen-bond acceptors (Lipinski definition) is 1. The third-order valence-corrected chi connectivity index (χ3v) is 1.85. The second-order valence-electron chi connectivity index (χ2n) is 2.67. The fourth-order valence-electron chi connectivity index (χ4n) is 0.944. The van der Waals surface area contributed by atoms with Crippen molar-refractivity contribution < 1.29 is 4.79 Å². The Balaban J connectivity index is 4.14. The van der Waals surface area contributed by atoms with Gasteiger partial charge in [-0.15, -0.1) is 0 Å². The Hall–Kier alpha value is -0.300. The smallest absolute Gasteiger partial charge is 0.156 e. The third-order valence-electron chi connectivity index (χ3n) is 1.62. The molecule has 0 saturated carbocycles. The molecule has 0 aromatic heterocycles. The van der Waals surface area contributed by atoms with E-state index in [0.717, 1.165) is 24.8 Å². The van der Waals surface area contributed by atoms with E-state index in [1.807, 2.05) is 0 Å². The summed E-state index contributed by atoms with van der Waals surface area (Å²) < 4.78 is 0. The minimum atomic E-state index is 0.103. The number of Topliss-reactive ketones (excluding diaryl/α,β-unsaturated/α-hetero) is 1. The molecule has 0 aromatic rings. The van der Waals surface area contributed by atoms with E-state index in [1.165, 1.54) is 0 Å². The molecule has 0 fully saturated rings. The second-order valence-corrected chi connectivity index (χ2v) is 3.24. The van der Waals surface area contributed by atoms with Crippen molar-refractivity contribution in [1.29, 1.82) is 0 Å². The molecule has 0 aliphatic heterocycles. The number of carbonyl (C=O) groups is 1. The molecule has 0 saturated heterocycles. The lowest BCUT2D eigenvalue weighted by Gasteiger charge is -2.02. The standard InChI is InChI=1S/C9H15ClO/c1-4-5-6-9(7(2)10)8(3)11/h4-6H2,1-3H3/b9-7-. The minimum Gasteiger partial charge on any atom is -0.295 e. The zero-order valence-electron chi connectivity index (χ0n) is 7.41. The maximum atomic E-state index is 10.9. The van der Waals surface area contributed by atoms with Gasteiger partial charge >= 0.3 is 0 Å². The van der Waals surface area contributed by atoms with Gasteiger partial charge in [-0.1, -0.05) is 24.9 Å². The molecule has 0 aromatic carbocycles. The van der Waals surface area contributed by atoms with E-state index in [2.05, 4.69) is 6.92 Å². The highest BCUT2D eigenvalue weighted by Gasteiger charge is 2.05. The van der Waals surface area contributed by atoms with Crippen LogP contribution in [0.2, 0.25) is 0 Å². The van der Waals surface area contributed by atoms with Gasteiger partial charge in [0.05, 0.1) is 0 Å². The van der Waals surface area contributed by atoms with Gasteiger partial charge in [0.2, 0.25) is 0 Å². The minimum absolute atomic E-state index is 0.103. The maximum Gasteiger partial charge on any atom is 0.156 e. The van der Waals surface area contributed by atoms with Crippen LogP contribution < -0.4 is 0 Å². The number of rotatable bonds is 4. The molecule has 0 atom stereocenters. The second kappa shape index (κ2) is 5.36. The van der Waals surface area contributed by atoms with Crippen LogP contribution in [0.25, 0.3) is 0 Å². The van der Waals surface area contributed by atoms with E-state index in [-0.39, 0.29) is 5.78 Å². The fraction of sp³-hybridized carbons (Fsp3) is 0.667. The first-order valence-corrected chi connectivity index (χ1v) is 4.33. The van der Waals surface area contributed by atoms with Crippen molar-refractivity contribution in [2.45, 2.75) is 40.0 Å². The van der Waals surface area contributed by atoms with Crippen molar-refractivity contribution >= 4 is 17.4 Å². The Morgan fingerprint density at radius 1 is 1.36 bits per heavy atom. The van der Waals surface area contributed by atoms with Crippen molar-refractivity contribution in [1.82, 2.24) is 0 Å². The normalized spacial score (nSPS) is 12.7. The summed E-state index contributed by atoms with van der Waals surface area (Å²) >= 11 is 5.73. The summed E-state index contributed by atoms with van der Waals surface area (Å²) in [6.45, 7) is 5.44. The van der Waals surface area contributed by atoms with Gasteiger partial charge in [-0.3, -0.25) is 4.79 Å². The van der Waals surface area contributed by atoms with Crippen LogP contribution in [0.5, 0.6) is 0 Å². The highest BCUT2D eigenvalue weighted by atomic mass is 35.5. The quantitative estimate of drug-likeness (QED) is 0.598. The summed E-state index contributed by atoms with van der Waals surface area (Å²) in [5.74, 6) is 0.103. The van der Waals surface area contributed by atoms with Gasteiger partial charge in [-0.25, -0.2) is 0 Å². The van der Waals surface area contributed by atoms with Crippen LogP contribution in [0.1, 0.15) is 40.0 Å². The Morgan fingerprint density at radius 2 is 1.91 bits per heavy atom. The summed E-state index contributed by atoms with van der Waals surface area (Å²) in [6.07, 6.45) is 2.96. The predicted octanol–water partition coefficient (Wildman–Crippen LogP) is 3.28. The van der Waals surface area contributed by atoms with E-state index < -0.39 is 0 Å². The Bertz CT molecular complexity index is 166. The predicted molar refractivity (Wildman–Crippen MR) is 48.8 cm³/mol. The van der Waals surface area contributed by atoms with Gasteiger partial charge in [-0.2, -0.15) is 0 Å². The van der Waals surface area contributed by atoms with Crippen molar-refractivity contribution in [3.63, 3.8) is 0 Å². The van der Waals surface area contributed by atoms with Crippen LogP contribution in [0.3, 0.4) is 0 Å². The van der Waals surface area contributed by atoms with E-state index in [1.54, 1.807) is 13.8 Å². The average molecular weight is 175 g/mol. The molecule has 0 rings (SSSR count). The molecule has 0 amide bonds. The third kappa shape index (κ3) is 4.20. The van der Waals surface area contributed by atoms with Crippen LogP contribution in [-0.2, 0) is 4.79 Å². The van der Waals surface area contributed by atoms with Gasteiger partial charge in [0.15, 0.2) is 5.78 Å². The Labute approximate surface area is 73.4 Å². The SMILES string of the molecule is CCCC/C(C(C)=O)=C(\C)Cl. The highest BCUT2D eigenvalue weighted by molar-refractivity contribution is 6.31. The van der Waals surface area contributed by atoms with Gasteiger partial charge in [0.1, 0.15) is 0 Å². The number of halogens is 1. The molecule has 64 valence electrons. The van der Waals surface area contributed by atoms with Crippen LogP contribution in [0.15, 0.2) is 10.6 Å². The van der Waals surface area contributed by atoms with Gasteiger partial charge in [-0.05, 0) is 26.7 Å². The number of hydrogen-bond donors (Lipinski definition) is 0. The first-order chi connectivity index (χ1) is 5.09. The molecule has 0 spiro atoms. The number of allylic oxidation sites excluding steroid dienone is 2. The lowest BCUT2D eigenvalue weighted by atomic mass is 10.1. The Kier molecular flexibility index (Phi) is 5.22. The van der Waals surface area contributed by atoms with Crippen LogP contribution in [0.4, 0.5) is 0 Å². The molecule has 0 unspecified atom stereocenters. The average Bonchev–Trinajstić information content (AvgIpc) is 1.87. The van der Waals surface area contributed by atoms with Gasteiger partial charge in [0, 0.05) is 10.6 Å². The molecule has 2 heteroatoms. The molecule has 0 bridgehead atoms. The van der Waals surface area contributed by atoms with Crippen LogP contribution >= 0.6 is 11.6 Å². The number of unbranched alkanes of at least 4 members (excludes halogenated alkanes) is 1. The molecular weight excluding hydrogens is 160 g/mol. The van der Waals surface area contributed by atoms with Crippen molar-refractivity contribution in [2.24, 2.45) is 0 Å². The molecule has 0 N–H and O–H groups in total. The van der Waals surface area contributed by atoms with Crippen LogP contribution in [-0.4, -0.2) is 5.78 Å². The monoisotopic (exact) mass is 174 g/mol. The lowest BCUT2D eigenvalue weighted by molar-refractivity contribution is -0.113. The van der Waals surface area contributed by atoms with E-state index >= 15 is 0 Å². The van der Waals surface area contributed by atoms with Crippen molar-refractivity contribution in [3.05, 3.63) is 10.6 Å².